The summed E-state index contributed by atoms with van der Waals surface area (Å²) >= 11 is 0. The summed E-state index contributed by atoms with van der Waals surface area (Å²) in [5, 5.41) is 6.32. The van der Waals surface area contributed by atoms with E-state index in [1.54, 1.807) is 37.3 Å². The Bertz CT molecular complexity index is 1130. The first kappa shape index (κ1) is 19.0. The molecule has 0 spiro atoms. The Hall–Kier alpha value is -3.33. The minimum atomic E-state index is -3.28. The number of anilines is 4. The molecule has 29 heavy (non-hydrogen) atoms. The number of nitrogens with one attached hydrogen (secondary N) is 2. The first-order valence-electron chi connectivity index (χ1n) is 9.12. The van der Waals surface area contributed by atoms with Gasteiger partial charge in [0.05, 0.1) is 10.6 Å². The van der Waals surface area contributed by atoms with Crippen molar-refractivity contribution in [3.8, 4) is 11.5 Å². The lowest BCUT2D eigenvalue weighted by Crippen LogP contribution is -2.15. The summed E-state index contributed by atoms with van der Waals surface area (Å²) in [7, 11) is -3.28. The Morgan fingerprint density at radius 3 is 2.31 bits per heavy atom. The van der Waals surface area contributed by atoms with Gasteiger partial charge < -0.3 is 20.1 Å². The maximum Gasteiger partial charge on any atom is 0.178 e. The van der Waals surface area contributed by atoms with E-state index in [4.69, 9.17) is 9.47 Å². The number of rotatable bonds is 6. The zero-order valence-electron chi connectivity index (χ0n) is 15.8. The molecule has 150 valence electrons. The van der Waals surface area contributed by atoms with Crippen molar-refractivity contribution in [3.63, 3.8) is 0 Å². The van der Waals surface area contributed by atoms with Crippen LogP contribution < -0.4 is 20.1 Å². The summed E-state index contributed by atoms with van der Waals surface area (Å²) in [6, 6.07) is 14.0. The van der Waals surface area contributed by atoms with Crippen molar-refractivity contribution in [1.29, 1.82) is 0 Å². The molecule has 0 fully saturated rings. The minimum absolute atomic E-state index is 0.0492. The number of hydrogen-bond acceptors (Lipinski definition) is 8. The van der Waals surface area contributed by atoms with Crippen LogP contribution in [0.15, 0.2) is 59.8 Å². The summed E-state index contributed by atoms with van der Waals surface area (Å²) in [5.41, 5.74) is 1.43. The molecule has 1 aliphatic heterocycles. The van der Waals surface area contributed by atoms with Crippen molar-refractivity contribution in [2.45, 2.75) is 11.8 Å². The van der Waals surface area contributed by atoms with Crippen LogP contribution in [0.3, 0.4) is 0 Å². The highest BCUT2D eigenvalue weighted by molar-refractivity contribution is 7.91. The zero-order valence-corrected chi connectivity index (χ0v) is 16.6. The second kappa shape index (κ2) is 7.96. The second-order valence-electron chi connectivity index (χ2n) is 6.33. The monoisotopic (exact) mass is 412 g/mol. The fourth-order valence-corrected chi connectivity index (χ4v) is 3.77. The third kappa shape index (κ3) is 4.40. The molecule has 2 aromatic carbocycles. The topological polar surface area (TPSA) is 102 Å². The van der Waals surface area contributed by atoms with Crippen LogP contribution >= 0.6 is 0 Å². The molecule has 8 nitrogen and oxygen atoms in total. The van der Waals surface area contributed by atoms with Gasteiger partial charge in [-0.1, -0.05) is 13.0 Å². The maximum atomic E-state index is 12.1. The van der Waals surface area contributed by atoms with Crippen molar-refractivity contribution >= 4 is 32.8 Å². The molecular weight excluding hydrogens is 392 g/mol. The Morgan fingerprint density at radius 2 is 1.59 bits per heavy atom. The van der Waals surface area contributed by atoms with Crippen LogP contribution in [-0.2, 0) is 9.84 Å². The van der Waals surface area contributed by atoms with Gasteiger partial charge in [-0.15, -0.1) is 0 Å². The lowest BCUT2D eigenvalue weighted by molar-refractivity contribution is 0.171. The van der Waals surface area contributed by atoms with E-state index < -0.39 is 9.84 Å². The van der Waals surface area contributed by atoms with Gasteiger partial charge in [-0.2, -0.15) is 0 Å². The molecule has 0 radical (unpaired) electrons. The Labute approximate surface area is 168 Å². The second-order valence-corrected chi connectivity index (χ2v) is 8.61. The van der Waals surface area contributed by atoms with E-state index in [1.165, 1.54) is 6.33 Å². The van der Waals surface area contributed by atoms with Crippen molar-refractivity contribution in [2.75, 3.05) is 29.6 Å². The van der Waals surface area contributed by atoms with E-state index >= 15 is 0 Å². The number of fused-ring (bicyclic) bond motifs is 1. The SMILES string of the molecule is CCS(=O)(=O)c1cccc(Nc2cc(Nc3ccc4c(c3)OCCO4)ncn2)c1. The molecular formula is C20H20N4O4S. The normalized spacial score (nSPS) is 13.0. The lowest BCUT2D eigenvalue weighted by atomic mass is 10.2. The summed E-state index contributed by atoms with van der Waals surface area (Å²) in [5.74, 6) is 2.56. The van der Waals surface area contributed by atoms with Crippen LogP contribution in [0.25, 0.3) is 0 Å². The molecule has 0 saturated heterocycles. The predicted molar refractivity (Wildman–Crippen MR) is 110 cm³/mol. The van der Waals surface area contributed by atoms with Crippen LogP contribution in [0.2, 0.25) is 0 Å². The molecule has 1 aliphatic rings. The summed E-state index contributed by atoms with van der Waals surface area (Å²) in [4.78, 5) is 8.70. The van der Waals surface area contributed by atoms with E-state index in [9.17, 15) is 8.42 Å². The highest BCUT2D eigenvalue weighted by Crippen LogP contribution is 2.33. The van der Waals surface area contributed by atoms with Crippen LogP contribution in [0.4, 0.5) is 23.0 Å². The van der Waals surface area contributed by atoms with Crippen LogP contribution in [0.5, 0.6) is 11.5 Å². The molecule has 9 heteroatoms. The highest BCUT2D eigenvalue weighted by atomic mass is 32.2. The van der Waals surface area contributed by atoms with Gasteiger partial charge in [0.25, 0.3) is 0 Å². The van der Waals surface area contributed by atoms with Crippen molar-refractivity contribution in [3.05, 3.63) is 54.9 Å². The van der Waals surface area contributed by atoms with Crippen molar-refractivity contribution < 1.29 is 17.9 Å². The van der Waals surface area contributed by atoms with Gasteiger partial charge in [0, 0.05) is 23.5 Å². The molecule has 4 rings (SSSR count). The quantitative estimate of drug-likeness (QED) is 0.634. The van der Waals surface area contributed by atoms with E-state index in [0.717, 1.165) is 5.69 Å². The molecule has 0 atom stereocenters. The molecule has 1 aromatic heterocycles. The van der Waals surface area contributed by atoms with Gasteiger partial charge in [0.1, 0.15) is 31.2 Å². The third-order valence-electron chi connectivity index (χ3n) is 4.33. The van der Waals surface area contributed by atoms with Gasteiger partial charge in [0.2, 0.25) is 0 Å². The number of benzene rings is 2. The highest BCUT2D eigenvalue weighted by Gasteiger charge is 2.13. The summed E-state index contributed by atoms with van der Waals surface area (Å²) in [6.45, 7) is 2.68. The number of sulfone groups is 1. The van der Waals surface area contributed by atoms with Gasteiger partial charge in [-0.25, -0.2) is 18.4 Å². The smallest absolute Gasteiger partial charge is 0.178 e. The largest absolute Gasteiger partial charge is 0.486 e. The molecule has 2 heterocycles. The zero-order chi connectivity index (χ0) is 20.3. The molecule has 0 bridgehead atoms. The lowest BCUT2D eigenvalue weighted by Gasteiger charge is -2.19. The molecule has 0 unspecified atom stereocenters. The van der Waals surface area contributed by atoms with Crippen molar-refractivity contribution in [2.24, 2.45) is 0 Å². The standard InChI is InChI=1S/C20H20N4O4S/c1-2-29(25,26)16-5-3-4-14(10-16)23-19-12-20(22-13-21-19)24-15-6-7-17-18(11-15)28-9-8-27-17/h3-7,10-13H,2,8-9H2,1H3,(H2,21,22,23,24). The fraction of sp³-hybridized carbons (Fsp3) is 0.200. The molecule has 0 amide bonds. The van der Waals surface area contributed by atoms with Crippen LogP contribution in [0, 0.1) is 0 Å². The van der Waals surface area contributed by atoms with E-state index in [-0.39, 0.29) is 10.6 Å². The first-order chi connectivity index (χ1) is 14.0. The third-order valence-corrected chi connectivity index (χ3v) is 6.06. The van der Waals surface area contributed by atoms with E-state index in [0.29, 0.717) is 42.0 Å². The molecule has 0 aliphatic carbocycles. The summed E-state index contributed by atoms with van der Waals surface area (Å²) < 4.78 is 35.3. The molecule has 2 N–H and O–H groups in total. The van der Waals surface area contributed by atoms with Crippen LogP contribution in [-0.4, -0.2) is 37.4 Å². The number of aromatic nitrogens is 2. The minimum Gasteiger partial charge on any atom is -0.486 e. The maximum absolute atomic E-state index is 12.1. The predicted octanol–water partition coefficient (Wildman–Crippen LogP) is 3.53. The van der Waals surface area contributed by atoms with Crippen LogP contribution in [0.1, 0.15) is 6.92 Å². The Balaban J connectivity index is 1.52. The van der Waals surface area contributed by atoms with Gasteiger partial charge in [-0.3, -0.25) is 0 Å². The van der Waals surface area contributed by atoms with E-state index in [1.807, 2.05) is 18.2 Å². The van der Waals surface area contributed by atoms with Gasteiger partial charge >= 0.3 is 0 Å². The molecule has 0 saturated carbocycles. The number of hydrogen-bond donors (Lipinski definition) is 2. The van der Waals surface area contributed by atoms with E-state index in [2.05, 4.69) is 20.6 Å². The number of ether oxygens (including phenoxy) is 2. The number of nitrogens with zero attached hydrogens (tertiary/aromatic N) is 2. The van der Waals surface area contributed by atoms with Gasteiger partial charge in [-0.05, 0) is 30.3 Å². The van der Waals surface area contributed by atoms with Gasteiger partial charge in [0.15, 0.2) is 21.3 Å². The first-order valence-corrected chi connectivity index (χ1v) is 10.8. The summed E-state index contributed by atoms with van der Waals surface area (Å²) in [6.07, 6.45) is 1.43. The van der Waals surface area contributed by atoms with Crippen molar-refractivity contribution in [1.82, 2.24) is 9.97 Å². The Kier molecular flexibility index (Phi) is 5.22. The fourth-order valence-electron chi connectivity index (χ4n) is 2.84. The average molecular weight is 412 g/mol. The molecule has 3 aromatic rings. The Morgan fingerprint density at radius 1 is 0.897 bits per heavy atom. The average Bonchev–Trinajstić information content (AvgIpc) is 2.74.